The van der Waals surface area contributed by atoms with E-state index in [-0.39, 0.29) is 0 Å². The maximum absolute atomic E-state index is 6.48. The van der Waals surface area contributed by atoms with Crippen LogP contribution >= 0.6 is 11.3 Å². The van der Waals surface area contributed by atoms with Crippen molar-refractivity contribution >= 4 is 64.2 Å². The average molecular weight is 708 g/mol. The van der Waals surface area contributed by atoms with Gasteiger partial charge in [-0.2, -0.15) is 0 Å². The molecule has 0 radical (unpaired) electrons. The van der Waals surface area contributed by atoms with Gasteiger partial charge < -0.3 is 4.42 Å². The van der Waals surface area contributed by atoms with Crippen LogP contribution in [0.1, 0.15) is 0 Å². The molecule has 252 valence electrons. The first-order chi connectivity index (χ1) is 26.7. The van der Waals surface area contributed by atoms with Crippen molar-refractivity contribution in [3.05, 3.63) is 176 Å². The number of para-hydroxylation sites is 1. The number of thiophene rings is 1. The summed E-state index contributed by atoms with van der Waals surface area (Å²) in [5.41, 5.74) is 8.81. The van der Waals surface area contributed by atoms with E-state index in [1.54, 1.807) is 0 Å². The van der Waals surface area contributed by atoms with E-state index < -0.39 is 0 Å². The Morgan fingerprint density at radius 2 is 1.00 bits per heavy atom. The predicted octanol–water partition coefficient (Wildman–Crippen LogP) is 13.6. The van der Waals surface area contributed by atoms with Crippen molar-refractivity contribution in [2.75, 3.05) is 0 Å². The highest BCUT2D eigenvalue weighted by atomic mass is 32.1. The lowest BCUT2D eigenvalue weighted by molar-refractivity contribution is 0.669. The molecule has 3 aromatic heterocycles. The highest BCUT2D eigenvalue weighted by molar-refractivity contribution is 7.25. The number of hydrogen-bond donors (Lipinski definition) is 0. The van der Waals surface area contributed by atoms with Gasteiger partial charge in [-0.05, 0) is 69.4 Å². The molecule has 5 heteroatoms. The molecule has 8 aromatic carbocycles. The summed E-state index contributed by atoms with van der Waals surface area (Å²) in [5, 5.41) is 6.85. The van der Waals surface area contributed by atoms with Gasteiger partial charge in [-0.3, -0.25) is 0 Å². The normalized spacial score (nSPS) is 11.7. The molecule has 0 aliphatic heterocycles. The number of furan rings is 1. The van der Waals surface area contributed by atoms with Crippen LogP contribution in [0.15, 0.2) is 180 Å². The van der Waals surface area contributed by atoms with Gasteiger partial charge in [0.2, 0.25) is 0 Å². The molecule has 0 atom stereocenters. The summed E-state index contributed by atoms with van der Waals surface area (Å²) in [6.45, 7) is 0. The molecule has 11 rings (SSSR count). The van der Waals surface area contributed by atoms with Gasteiger partial charge in [0.25, 0.3) is 0 Å². The standard InChI is InChI=1S/C49H29N3OS/c1-2-10-30(11-3-1)32-18-21-33(22-19-32)47-50-48(36-23-20-31-12-4-5-13-34(31)28-36)52-49(51-47)46-37(26-27-42-45(46)40-15-6-8-16-41(40)53-42)35-24-25-39-38-14-7-9-17-43(38)54-44(39)29-35/h1-29H. The largest absolute Gasteiger partial charge is 0.456 e. The number of nitrogens with zero attached hydrogens (tertiary/aromatic N) is 3. The van der Waals surface area contributed by atoms with Crippen LogP contribution in [0, 0.1) is 0 Å². The van der Waals surface area contributed by atoms with E-state index in [9.17, 15) is 0 Å². The van der Waals surface area contributed by atoms with Crippen LogP contribution < -0.4 is 0 Å². The van der Waals surface area contributed by atoms with E-state index in [0.29, 0.717) is 17.5 Å². The Morgan fingerprint density at radius 3 is 1.87 bits per heavy atom. The van der Waals surface area contributed by atoms with Crippen LogP contribution in [0.5, 0.6) is 0 Å². The fourth-order valence-corrected chi connectivity index (χ4v) is 8.84. The monoisotopic (exact) mass is 707 g/mol. The first-order valence-corrected chi connectivity index (χ1v) is 18.8. The third-order valence-corrected chi connectivity index (χ3v) is 11.5. The molecule has 11 aromatic rings. The fraction of sp³-hybridized carbons (Fsp3) is 0. The molecule has 3 heterocycles. The molecule has 54 heavy (non-hydrogen) atoms. The average Bonchev–Trinajstić information content (AvgIpc) is 3.81. The third kappa shape index (κ3) is 5.09. The van der Waals surface area contributed by atoms with Crippen LogP contribution in [0.3, 0.4) is 0 Å². The summed E-state index contributed by atoms with van der Waals surface area (Å²) < 4.78 is 9.00. The Labute approximate surface area is 314 Å². The van der Waals surface area contributed by atoms with Crippen molar-refractivity contribution in [3.8, 4) is 56.4 Å². The minimum Gasteiger partial charge on any atom is -0.456 e. The molecular formula is C49H29N3OS. The van der Waals surface area contributed by atoms with Crippen LogP contribution in [0.4, 0.5) is 0 Å². The van der Waals surface area contributed by atoms with E-state index >= 15 is 0 Å². The van der Waals surface area contributed by atoms with Gasteiger partial charge in [0, 0.05) is 47.6 Å². The van der Waals surface area contributed by atoms with Gasteiger partial charge in [-0.1, -0.05) is 140 Å². The van der Waals surface area contributed by atoms with Gasteiger partial charge in [-0.25, -0.2) is 15.0 Å². The SMILES string of the molecule is c1ccc(-c2ccc(-c3nc(-c4ccc5ccccc5c4)nc(-c4c(-c5ccc6c(c5)sc5ccccc56)ccc5oc6ccccc6c45)n3)cc2)cc1. The van der Waals surface area contributed by atoms with E-state index in [1.165, 1.54) is 25.6 Å². The Morgan fingerprint density at radius 1 is 0.370 bits per heavy atom. The zero-order valence-electron chi connectivity index (χ0n) is 28.9. The summed E-state index contributed by atoms with van der Waals surface area (Å²) in [6, 6.07) is 61.6. The van der Waals surface area contributed by atoms with Gasteiger partial charge in [0.15, 0.2) is 17.5 Å². The maximum atomic E-state index is 6.48. The van der Waals surface area contributed by atoms with Crippen LogP contribution in [0.25, 0.3) is 109 Å². The Bertz CT molecular complexity index is 3220. The van der Waals surface area contributed by atoms with Crippen molar-refractivity contribution in [3.63, 3.8) is 0 Å². The smallest absolute Gasteiger partial charge is 0.165 e. The molecule has 0 N–H and O–H groups in total. The summed E-state index contributed by atoms with van der Waals surface area (Å²) in [5.74, 6) is 1.82. The third-order valence-electron chi connectivity index (χ3n) is 10.4. The van der Waals surface area contributed by atoms with Gasteiger partial charge >= 0.3 is 0 Å². The highest BCUT2D eigenvalue weighted by Gasteiger charge is 2.22. The molecule has 0 bridgehead atoms. The lowest BCUT2D eigenvalue weighted by Gasteiger charge is -2.14. The number of rotatable bonds is 5. The minimum atomic E-state index is 0.596. The zero-order chi connectivity index (χ0) is 35.6. The molecule has 0 saturated heterocycles. The second-order valence-electron chi connectivity index (χ2n) is 13.6. The van der Waals surface area contributed by atoms with Gasteiger partial charge in [0.1, 0.15) is 11.2 Å². The lowest BCUT2D eigenvalue weighted by atomic mass is 9.94. The van der Waals surface area contributed by atoms with Crippen LogP contribution in [0.2, 0.25) is 0 Å². The topological polar surface area (TPSA) is 51.8 Å². The predicted molar refractivity (Wildman–Crippen MR) is 225 cm³/mol. The quantitative estimate of drug-likeness (QED) is 0.179. The Balaban J connectivity index is 1.18. The first-order valence-electron chi connectivity index (χ1n) is 18.0. The second-order valence-corrected chi connectivity index (χ2v) is 14.7. The number of aromatic nitrogens is 3. The molecule has 0 unspecified atom stereocenters. The van der Waals surface area contributed by atoms with Crippen LogP contribution in [-0.4, -0.2) is 15.0 Å². The zero-order valence-corrected chi connectivity index (χ0v) is 29.7. The van der Waals surface area contributed by atoms with Crippen molar-refractivity contribution in [1.29, 1.82) is 0 Å². The summed E-state index contributed by atoms with van der Waals surface area (Å²) in [6.07, 6.45) is 0. The summed E-state index contributed by atoms with van der Waals surface area (Å²) >= 11 is 1.82. The van der Waals surface area contributed by atoms with Crippen molar-refractivity contribution in [2.45, 2.75) is 0 Å². The minimum absolute atomic E-state index is 0.596. The molecule has 0 spiro atoms. The van der Waals surface area contributed by atoms with Crippen molar-refractivity contribution in [1.82, 2.24) is 15.0 Å². The number of benzene rings is 8. The summed E-state index contributed by atoms with van der Waals surface area (Å²) in [7, 11) is 0. The van der Waals surface area contributed by atoms with E-state index in [0.717, 1.165) is 66.3 Å². The molecule has 0 aliphatic carbocycles. The lowest BCUT2D eigenvalue weighted by Crippen LogP contribution is -2.01. The van der Waals surface area contributed by atoms with E-state index in [4.69, 9.17) is 19.4 Å². The molecule has 4 nitrogen and oxygen atoms in total. The second kappa shape index (κ2) is 12.3. The molecule has 0 amide bonds. The van der Waals surface area contributed by atoms with Crippen LogP contribution in [-0.2, 0) is 0 Å². The van der Waals surface area contributed by atoms with Gasteiger partial charge in [-0.15, -0.1) is 11.3 Å². The molecule has 0 aliphatic rings. The number of fused-ring (bicyclic) bond motifs is 7. The maximum Gasteiger partial charge on any atom is 0.165 e. The molecule has 0 fully saturated rings. The molecular weight excluding hydrogens is 679 g/mol. The Hall–Kier alpha value is -6.95. The first kappa shape index (κ1) is 30.7. The van der Waals surface area contributed by atoms with Crippen molar-refractivity contribution in [2.24, 2.45) is 0 Å². The molecule has 0 saturated carbocycles. The fourth-order valence-electron chi connectivity index (χ4n) is 7.70. The summed E-state index contributed by atoms with van der Waals surface area (Å²) in [4.78, 5) is 15.8. The van der Waals surface area contributed by atoms with E-state index in [1.807, 2.05) is 29.5 Å². The number of hydrogen-bond acceptors (Lipinski definition) is 5. The van der Waals surface area contributed by atoms with Crippen molar-refractivity contribution < 1.29 is 4.42 Å². The Kier molecular flexibility index (Phi) is 7.00. The van der Waals surface area contributed by atoms with E-state index in [2.05, 4.69) is 158 Å². The van der Waals surface area contributed by atoms with Gasteiger partial charge in [0.05, 0.1) is 0 Å². The highest BCUT2D eigenvalue weighted by Crippen LogP contribution is 2.44.